The van der Waals surface area contributed by atoms with Crippen LogP contribution in [0.15, 0.2) is 73.1 Å². The van der Waals surface area contributed by atoms with Crippen molar-refractivity contribution in [2.75, 3.05) is 0 Å². The molecule has 4 aromatic rings. The molecule has 0 saturated heterocycles. The molecule has 2 heterocycles. The molecule has 3 heteroatoms. The Kier molecular flexibility index (Phi) is 3.34. The van der Waals surface area contributed by atoms with Crippen LogP contribution in [-0.2, 0) is 0 Å². The van der Waals surface area contributed by atoms with Crippen molar-refractivity contribution in [3.05, 3.63) is 84.2 Å². The second kappa shape index (κ2) is 5.78. The van der Waals surface area contributed by atoms with Crippen molar-refractivity contribution >= 4 is 11.0 Å². The van der Waals surface area contributed by atoms with Crippen LogP contribution in [0, 0.1) is 11.8 Å². The number of benzene rings is 2. The number of hydrogen-bond acceptors (Lipinski definition) is 2. The van der Waals surface area contributed by atoms with E-state index in [1.807, 2.05) is 60.7 Å². The lowest BCUT2D eigenvalue weighted by Gasteiger charge is -1.93. The maximum absolute atomic E-state index is 4.72. The number of para-hydroxylation sites is 1. The van der Waals surface area contributed by atoms with Crippen LogP contribution in [0.1, 0.15) is 11.1 Å². The maximum Gasteiger partial charge on any atom is 0.138 e. The number of aromatic nitrogens is 3. The van der Waals surface area contributed by atoms with Crippen molar-refractivity contribution in [1.82, 2.24) is 15.0 Å². The topological polar surface area (TPSA) is 41.6 Å². The number of pyridine rings is 1. The van der Waals surface area contributed by atoms with Gasteiger partial charge in [-0.2, -0.15) is 0 Å². The largest absolute Gasteiger partial charge is 0.338 e. The quantitative estimate of drug-likeness (QED) is 0.539. The number of fused-ring (bicyclic) bond motifs is 1. The van der Waals surface area contributed by atoms with Gasteiger partial charge in [0.15, 0.2) is 0 Å². The lowest BCUT2D eigenvalue weighted by molar-refractivity contribution is 1.32. The molecule has 3 nitrogen and oxygen atoms in total. The molecule has 0 unspecified atom stereocenters. The molecule has 2 aromatic carbocycles. The minimum atomic E-state index is 0.860. The molecule has 0 aliphatic carbocycles. The fourth-order valence-electron chi connectivity index (χ4n) is 2.44. The molecule has 0 spiro atoms. The molecule has 0 fully saturated rings. The van der Waals surface area contributed by atoms with E-state index >= 15 is 0 Å². The van der Waals surface area contributed by atoms with Crippen molar-refractivity contribution in [1.29, 1.82) is 0 Å². The van der Waals surface area contributed by atoms with Gasteiger partial charge in [0.05, 0.1) is 11.1 Å². The first kappa shape index (κ1) is 13.3. The molecular weight excluding hydrogens is 282 g/mol. The number of aromatic amines is 1. The van der Waals surface area contributed by atoms with Crippen LogP contribution in [0.5, 0.6) is 0 Å². The summed E-state index contributed by atoms with van der Waals surface area (Å²) in [6.45, 7) is 0. The third-order valence-electron chi connectivity index (χ3n) is 3.58. The standard InChI is InChI=1S/C20H13N3/c1-2-5-17(6-3-1)20-22-18-8-4-7-16(19(18)23-20)10-9-15-11-13-21-14-12-15/h1-8,11-14H,(H,22,23). The van der Waals surface area contributed by atoms with Gasteiger partial charge in [-0.25, -0.2) is 4.98 Å². The first-order valence-corrected chi connectivity index (χ1v) is 7.36. The molecule has 0 aliphatic heterocycles. The molecule has 23 heavy (non-hydrogen) atoms. The third-order valence-corrected chi connectivity index (χ3v) is 3.58. The predicted molar refractivity (Wildman–Crippen MR) is 91.7 cm³/mol. The number of nitrogens with zero attached hydrogens (tertiary/aromatic N) is 2. The fraction of sp³-hybridized carbons (Fsp3) is 0. The third kappa shape index (κ3) is 2.70. The molecule has 0 atom stereocenters. The lowest BCUT2D eigenvalue weighted by atomic mass is 10.1. The Hall–Kier alpha value is -3.38. The van der Waals surface area contributed by atoms with Gasteiger partial charge < -0.3 is 4.98 Å². The number of H-pyrrole nitrogens is 1. The van der Waals surface area contributed by atoms with Crippen LogP contribution in [0.2, 0.25) is 0 Å². The molecule has 0 radical (unpaired) electrons. The average Bonchev–Trinajstić information content (AvgIpc) is 3.06. The van der Waals surface area contributed by atoms with E-state index in [-0.39, 0.29) is 0 Å². The maximum atomic E-state index is 4.72. The number of hydrogen-bond donors (Lipinski definition) is 1. The minimum absolute atomic E-state index is 0.860. The van der Waals surface area contributed by atoms with E-state index in [1.54, 1.807) is 12.4 Å². The van der Waals surface area contributed by atoms with Crippen molar-refractivity contribution in [3.8, 4) is 23.2 Å². The molecule has 2 aromatic heterocycles. The van der Waals surface area contributed by atoms with Crippen LogP contribution >= 0.6 is 0 Å². The zero-order valence-electron chi connectivity index (χ0n) is 12.3. The van der Waals surface area contributed by atoms with Crippen molar-refractivity contribution in [2.24, 2.45) is 0 Å². The van der Waals surface area contributed by atoms with E-state index in [0.717, 1.165) is 33.5 Å². The second-order valence-electron chi connectivity index (χ2n) is 5.14. The van der Waals surface area contributed by atoms with Crippen molar-refractivity contribution in [3.63, 3.8) is 0 Å². The SMILES string of the molecule is C(#Cc1cccc2[nH]c(-c3ccccc3)nc12)c1ccncc1. The van der Waals surface area contributed by atoms with Crippen LogP contribution in [0.25, 0.3) is 22.4 Å². The van der Waals surface area contributed by atoms with Crippen LogP contribution in [0.3, 0.4) is 0 Å². The van der Waals surface area contributed by atoms with Crippen LogP contribution in [0.4, 0.5) is 0 Å². The fourth-order valence-corrected chi connectivity index (χ4v) is 2.44. The number of nitrogens with one attached hydrogen (secondary N) is 1. The Morgan fingerprint density at radius 3 is 2.43 bits per heavy atom. The molecule has 0 bridgehead atoms. The highest BCUT2D eigenvalue weighted by Crippen LogP contribution is 2.22. The predicted octanol–water partition coefficient (Wildman–Crippen LogP) is 4.02. The van der Waals surface area contributed by atoms with Crippen molar-refractivity contribution in [2.45, 2.75) is 0 Å². The van der Waals surface area contributed by atoms with Gasteiger partial charge in [0.1, 0.15) is 11.3 Å². The van der Waals surface area contributed by atoms with Crippen molar-refractivity contribution < 1.29 is 0 Å². The molecule has 1 N–H and O–H groups in total. The Morgan fingerprint density at radius 2 is 1.61 bits per heavy atom. The van der Waals surface area contributed by atoms with E-state index in [0.29, 0.717) is 0 Å². The molecular formula is C20H13N3. The zero-order valence-corrected chi connectivity index (χ0v) is 12.3. The summed E-state index contributed by atoms with van der Waals surface area (Å²) in [6, 6.07) is 19.9. The van der Waals surface area contributed by atoms with E-state index in [2.05, 4.69) is 21.8 Å². The summed E-state index contributed by atoms with van der Waals surface area (Å²) in [7, 11) is 0. The Labute approximate surface area is 134 Å². The summed E-state index contributed by atoms with van der Waals surface area (Å²) in [5, 5.41) is 0. The van der Waals surface area contributed by atoms with Gasteiger partial charge in [-0.1, -0.05) is 48.2 Å². The highest BCUT2D eigenvalue weighted by atomic mass is 14.9. The summed E-state index contributed by atoms with van der Waals surface area (Å²) in [5.74, 6) is 7.23. The highest BCUT2D eigenvalue weighted by Gasteiger charge is 2.07. The van der Waals surface area contributed by atoms with Gasteiger partial charge in [-0.3, -0.25) is 4.98 Å². The van der Waals surface area contributed by atoms with Gasteiger partial charge in [0.25, 0.3) is 0 Å². The van der Waals surface area contributed by atoms with E-state index in [1.165, 1.54) is 0 Å². The summed E-state index contributed by atoms with van der Waals surface area (Å²) in [5.41, 5.74) is 4.81. The smallest absolute Gasteiger partial charge is 0.138 e. The van der Waals surface area contributed by atoms with Crippen LogP contribution < -0.4 is 0 Å². The first-order chi connectivity index (χ1) is 11.4. The molecule has 0 aliphatic rings. The zero-order chi connectivity index (χ0) is 15.5. The summed E-state index contributed by atoms with van der Waals surface area (Å²) < 4.78 is 0. The number of imidazole rings is 1. The highest BCUT2D eigenvalue weighted by molar-refractivity contribution is 5.85. The van der Waals surface area contributed by atoms with Gasteiger partial charge in [-0.05, 0) is 24.3 Å². The normalized spacial score (nSPS) is 10.3. The van der Waals surface area contributed by atoms with Crippen LogP contribution in [-0.4, -0.2) is 15.0 Å². The summed E-state index contributed by atoms with van der Waals surface area (Å²) >= 11 is 0. The van der Waals surface area contributed by atoms with Gasteiger partial charge in [0.2, 0.25) is 0 Å². The van der Waals surface area contributed by atoms with E-state index in [4.69, 9.17) is 4.98 Å². The Balaban J connectivity index is 1.80. The monoisotopic (exact) mass is 295 g/mol. The number of rotatable bonds is 1. The summed E-state index contributed by atoms with van der Waals surface area (Å²) in [4.78, 5) is 12.1. The molecule has 0 amide bonds. The second-order valence-corrected chi connectivity index (χ2v) is 5.14. The first-order valence-electron chi connectivity index (χ1n) is 7.36. The average molecular weight is 295 g/mol. The van der Waals surface area contributed by atoms with Gasteiger partial charge in [0, 0.05) is 23.5 Å². The molecule has 108 valence electrons. The van der Waals surface area contributed by atoms with Gasteiger partial charge >= 0.3 is 0 Å². The lowest BCUT2D eigenvalue weighted by Crippen LogP contribution is -1.80. The molecule has 4 rings (SSSR count). The Morgan fingerprint density at radius 1 is 0.783 bits per heavy atom. The minimum Gasteiger partial charge on any atom is -0.338 e. The van der Waals surface area contributed by atoms with E-state index < -0.39 is 0 Å². The van der Waals surface area contributed by atoms with Gasteiger partial charge in [-0.15, -0.1) is 0 Å². The summed E-state index contributed by atoms with van der Waals surface area (Å²) in [6.07, 6.45) is 3.49. The van der Waals surface area contributed by atoms with E-state index in [9.17, 15) is 0 Å². The Bertz CT molecular complexity index is 1010. The molecule has 0 saturated carbocycles.